The molecular formula is C26H27ClN4O2. The number of halogens is 1. The van der Waals surface area contributed by atoms with Crippen molar-refractivity contribution in [1.29, 1.82) is 0 Å². The van der Waals surface area contributed by atoms with Crippen molar-refractivity contribution >= 4 is 23.5 Å². The van der Waals surface area contributed by atoms with Crippen LogP contribution in [0.5, 0.6) is 11.6 Å². The largest absolute Gasteiger partial charge is 0.438 e. The third kappa shape index (κ3) is 4.81. The maximum atomic E-state index is 13.1. The molecule has 0 radical (unpaired) electrons. The molecule has 170 valence electrons. The van der Waals surface area contributed by atoms with Crippen molar-refractivity contribution in [3.05, 3.63) is 75.9 Å². The number of piperidine rings is 1. The summed E-state index contributed by atoms with van der Waals surface area (Å²) in [5.74, 6) is 1.97. The van der Waals surface area contributed by atoms with Crippen LogP contribution in [0.25, 0.3) is 0 Å². The Kier molecular flexibility index (Phi) is 6.18. The molecule has 6 nitrogen and oxygen atoms in total. The molecule has 5 rings (SSSR count). The summed E-state index contributed by atoms with van der Waals surface area (Å²) >= 11 is 5.99. The SMILES string of the molecule is Cc1ccc(Oc2nc(N3CCCCC3)nc3c2CN(C(=O)c2ccc(Cl)cc2)CC3)cc1. The highest BCUT2D eigenvalue weighted by molar-refractivity contribution is 6.30. The van der Waals surface area contributed by atoms with Gasteiger partial charge in [0.1, 0.15) is 5.75 Å². The molecule has 3 heterocycles. The summed E-state index contributed by atoms with van der Waals surface area (Å²) < 4.78 is 6.28. The highest BCUT2D eigenvalue weighted by atomic mass is 35.5. The van der Waals surface area contributed by atoms with Crippen LogP contribution in [-0.2, 0) is 13.0 Å². The molecule has 0 spiro atoms. The van der Waals surface area contributed by atoms with Gasteiger partial charge in [0.25, 0.3) is 5.91 Å². The quantitative estimate of drug-likeness (QED) is 0.518. The molecule has 0 aliphatic carbocycles. The van der Waals surface area contributed by atoms with Gasteiger partial charge < -0.3 is 14.5 Å². The molecule has 0 bridgehead atoms. The molecule has 0 saturated carbocycles. The minimum absolute atomic E-state index is 0.0290. The van der Waals surface area contributed by atoms with Crippen LogP contribution < -0.4 is 9.64 Å². The number of aryl methyl sites for hydroxylation is 1. The van der Waals surface area contributed by atoms with Crippen LogP contribution >= 0.6 is 11.6 Å². The summed E-state index contributed by atoms with van der Waals surface area (Å²) in [4.78, 5) is 27.0. The summed E-state index contributed by atoms with van der Waals surface area (Å²) in [6.45, 7) is 4.99. The summed E-state index contributed by atoms with van der Waals surface area (Å²) in [6, 6.07) is 14.9. The first kappa shape index (κ1) is 21.7. The molecule has 1 saturated heterocycles. The number of ether oxygens (including phenoxy) is 1. The van der Waals surface area contributed by atoms with Crippen molar-refractivity contribution in [2.45, 2.75) is 39.2 Å². The van der Waals surface area contributed by atoms with E-state index in [2.05, 4.69) is 4.90 Å². The fourth-order valence-electron chi connectivity index (χ4n) is 4.36. The lowest BCUT2D eigenvalue weighted by Gasteiger charge is -2.32. The number of benzene rings is 2. The van der Waals surface area contributed by atoms with Gasteiger partial charge in [-0.15, -0.1) is 0 Å². The summed E-state index contributed by atoms with van der Waals surface area (Å²) in [5.41, 5.74) is 3.63. The Labute approximate surface area is 199 Å². The predicted molar refractivity (Wildman–Crippen MR) is 129 cm³/mol. The van der Waals surface area contributed by atoms with E-state index in [-0.39, 0.29) is 5.91 Å². The Morgan fingerprint density at radius 1 is 0.939 bits per heavy atom. The number of anilines is 1. The second kappa shape index (κ2) is 9.40. The van der Waals surface area contributed by atoms with E-state index in [9.17, 15) is 4.79 Å². The van der Waals surface area contributed by atoms with Gasteiger partial charge in [-0.05, 0) is 62.6 Å². The molecule has 1 aromatic heterocycles. The molecule has 0 unspecified atom stereocenters. The smallest absolute Gasteiger partial charge is 0.254 e. The van der Waals surface area contributed by atoms with Crippen molar-refractivity contribution in [1.82, 2.24) is 14.9 Å². The van der Waals surface area contributed by atoms with Crippen molar-refractivity contribution < 1.29 is 9.53 Å². The van der Waals surface area contributed by atoms with Gasteiger partial charge in [-0.3, -0.25) is 4.79 Å². The van der Waals surface area contributed by atoms with Crippen LogP contribution in [0.3, 0.4) is 0 Å². The highest BCUT2D eigenvalue weighted by Gasteiger charge is 2.28. The molecular weight excluding hydrogens is 436 g/mol. The number of hydrogen-bond acceptors (Lipinski definition) is 5. The van der Waals surface area contributed by atoms with Crippen LogP contribution in [0.2, 0.25) is 5.02 Å². The van der Waals surface area contributed by atoms with Gasteiger partial charge >= 0.3 is 0 Å². The standard InChI is InChI=1S/C26H27ClN4O2/c1-18-5-11-21(12-6-18)33-24-22-17-31(25(32)19-7-9-20(27)10-8-19)16-13-23(22)28-26(29-24)30-14-3-2-4-15-30/h5-12H,2-4,13-17H2,1H3. The third-order valence-electron chi connectivity index (χ3n) is 6.26. The van der Waals surface area contributed by atoms with E-state index in [0.29, 0.717) is 36.0 Å². The molecule has 0 atom stereocenters. The Morgan fingerprint density at radius 2 is 1.67 bits per heavy atom. The van der Waals surface area contributed by atoms with Crippen LogP contribution in [0.1, 0.15) is 46.4 Å². The average Bonchev–Trinajstić information content (AvgIpc) is 2.85. The topological polar surface area (TPSA) is 58.6 Å². The molecule has 1 fully saturated rings. The van der Waals surface area contributed by atoms with Crippen LogP contribution in [-0.4, -0.2) is 40.4 Å². The minimum Gasteiger partial charge on any atom is -0.438 e. The van der Waals surface area contributed by atoms with Gasteiger partial charge in [-0.2, -0.15) is 4.98 Å². The number of aromatic nitrogens is 2. The van der Waals surface area contributed by atoms with Gasteiger partial charge in [0.2, 0.25) is 11.8 Å². The number of fused-ring (bicyclic) bond motifs is 1. The monoisotopic (exact) mass is 462 g/mol. The number of hydrogen-bond donors (Lipinski definition) is 0. The summed E-state index contributed by atoms with van der Waals surface area (Å²) in [7, 11) is 0. The van der Waals surface area contributed by atoms with Crippen molar-refractivity contribution in [2.75, 3.05) is 24.5 Å². The van der Waals surface area contributed by atoms with Gasteiger partial charge in [0.15, 0.2) is 0 Å². The second-order valence-corrected chi connectivity index (χ2v) is 9.14. The number of rotatable bonds is 4. The fourth-order valence-corrected chi connectivity index (χ4v) is 4.48. The summed E-state index contributed by atoms with van der Waals surface area (Å²) in [5, 5.41) is 0.614. The van der Waals surface area contributed by atoms with Crippen LogP contribution in [0, 0.1) is 6.92 Å². The lowest BCUT2D eigenvalue weighted by molar-refractivity contribution is 0.0732. The Bertz CT molecular complexity index is 1140. The normalized spacial score (nSPS) is 15.8. The Morgan fingerprint density at radius 3 is 2.39 bits per heavy atom. The van der Waals surface area contributed by atoms with E-state index >= 15 is 0 Å². The van der Waals surface area contributed by atoms with Crippen molar-refractivity contribution in [2.24, 2.45) is 0 Å². The lowest BCUT2D eigenvalue weighted by Crippen LogP contribution is -2.37. The zero-order valence-corrected chi connectivity index (χ0v) is 19.5. The van der Waals surface area contributed by atoms with E-state index in [1.165, 1.54) is 12.0 Å². The number of nitrogens with zero attached hydrogens (tertiary/aromatic N) is 4. The van der Waals surface area contributed by atoms with Gasteiger partial charge in [-0.1, -0.05) is 29.3 Å². The van der Waals surface area contributed by atoms with Gasteiger partial charge in [0, 0.05) is 36.6 Å². The van der Waals surface area contributed by atoms with Crippen molar-refractivity contribution in [3.8, 4) is 11.6 Å². The van der Waals surface area contributed by atoms with E-state index in [1.807, 2.05) is 36.1 Å². The van der Waals surface area contributed by atoms with Gasteiger partial charge in [0.05, 0.1) is 17.8 Å². The maximum absolute atomic E-state index is 13.1. The number of carbonyl (C=O) groups excluding carboxylic acids is 1. The number of amides is 1. The Hall–Kier alpha value is -3.12. The Balaban J connectivity index is 1.47. The van der Waals surface area contributed by atoms with E-state index < -0.39 is 0 Å². The summed E-state index contributed by atoms with van der Waals surface area (Å²) in [6.07, 6.45) is 4.22. The number of carbonyl (C=O) groups is 1. The first-order chi connectivity index (χ1) is 16.1. The molecule has 2 aliphatic rings. The van der Waals surface area contributed by atoms with E-state index in [0.717, 1.165) is 48.9 Å². The molecule has 0 N–H and O–H groups in total. The molecule has 1 amide bonds. The van der Waals surface area contributed by atoms with Crippen LogP contribution in [0.15, 0.2) is 48.5 Å². The molecule has 2 aliphatic heterocycles. The minimum atomic E-state index is -0.0290. The maximum Gasteiger partial charge on any atom is 0.254 e. The zero-order chi connectivity index (χ0) is 22.8. The molecule has 33 heavy (non-hydrogen) atoms. The third-order valence-corrected chi connectivity index (χ3v) is 6.52. The molecule has 2 aromatic carbocycles. The highest BCUT2D eigenvalue weighted by Crippen LogP contribution is 2.32. The zero-order valence-electron chi connectivity index (χ0n) is 18.8. The lowest BCUT2D eigenvalue weighted by atomic mass is 10.0. The first-order valence-corrected chi connectivity index (χ1v) is 11.9. The van der Waals surface area contributed by atoms with Gasteiger partial charge in [-0.25, -0.2) is 4.98 Å². The van der Waals surface area contributed by atoms with E-state index in [4.69, 9.17) is 26.3 Å². The van der Waals surface area contributed by atoms with Crippen molar-refractivity contribution in [3.63, 3.8) is 0 Å². The van der Waals surface area contributed by atoms with E-state index in [1.54, 1.807) is 24.3 Å². The second-order valence-electron chi connectivity index (χ2n) is 8.70. The average molecular weight is 463 g/mol. The first-order valence-electron chi connectivity index (χ1n) is 11.5. The van der Waals surface area contributed by atoms with Crippen LogP contribution in [0.4, 0.5) is 5.95 Å². The fraction of sp³-hybridized carbons (Fsp3) is 0.346. The predicted octanol–water partition coefficient (Wildman–Crippen LogP) is 5.42. The molecule has 3 aromatic rings. The molecule has 7 heteroatoms.